The van der Waals surface area contributed by atoms with Gasteiger partial charge in [0.15, 0.2) is 0 Å². The maximum atomic E-state index is 11.4. The average molecular weight is 251 g/mol. The van der Waals surface area contributed by atoms with Crippen molar-refractivity contribution < 1.29 is 19.1 Å². The number of furan rings is 1. The molecule has 0 saturated carbocycles. The van der Waals surface area contributed by atoms with Crippen molar-refractivity contribution in [2.24, 2.45) is 5.92 Å². The van der Waals surface area contributed by atoms with Gasteiger partial charge in [0.1, 0.15) is 11.5 Å². The molecule has 1 aliphatic rings. The van der Waals surface area contributed by atoms with Gasteiger partial charge in [0.2, 0.25) is 5.76 Å². The van der Waals surface area contributed by atoms with E-state index in [0.717, 1.165) is 18.7 Å². The summed E-state index contributed by atoms with van der Waals surface area (Å²) >= 11 is 0. The number of aromatic carboxylic acids is 1. The molecule has 1 aromatic rings. The molecule has 1 unspecified atom stereocenters. The van der Waals surface area contributed by atoms with E-state index in [1.807, 2.05) is 6.92 Å². The van der Waals surface area contributed by atoms with Gasteiger partial charge in [0.25, 0.3) is 0 Å². The van der Waals surface area contributed by atoms with Crippen molar-refractivity contribution in [2.45, 2.75) is 26.8 Å². The fraction of sp³-hybridized carbons (Fsp3) is 0.538. The Hall–Kier alpha value is -1.62. The molecule has 1 aliphatic heterocycles. The van der Waals surface area contributed by atoms with Gasteiger partial charge in [-0.15, -0.1) is 0 Å². The van der Waals surface area contributed by atoms with Gasteiger partial charge in [-0.2, -0.15) is 0 Å². The average Bonchev–Trinajstić information content (AvgIpc) is 2.66. The van der Waals surface area contributed by atoms with E-state index >= 15 is 0 Å². The maximum absolute atomic E-state index is 11.4. The Morgan fingerprint density at radius 1 is 1.61 bits per heavy atom. The lowest BCUT2D eigenvalue weighted by molar-refractivity contribution is -0.125. The number of carboxylic acids is 1. The van der Waals surface area contributed by atoms with Crippen molar-refractivity contribution in [1.82, 2.24) is 4.90 Å². The standard InChI is InChI=1S/C13H17NO4/c1-8-6-14(4-3-11(8)15)7-10-5-12(13(16)17)18-9(10)2/h5,8H,3-4,6-7H2,1-2H3,(H,16,17). The molecule has 18 heavy (non-hydrogen) atoms. The molecule has 1 saturated heterocycles. The molecule has 0 spiro atoms. The molecule has 0 aliphatic carbocycles. The number of likely N-dealkylation sites (tertiary alicyclic amines) is 1. The number of aryl methyl sites for hydroxylation is 1. The van der Waals surface area contributed by atoms with Crippen molar-refractivity contribution in [3.63, 3.8) is 0 Å². The predicted octanol–water partition coefficient (Wildman–Crippen LogP) is 1.70. The molecule has 1 atom stereocenters. The number of hydrogen-bond acceptors (Lipinski definition) is 4. The van der Waals surface area contributed by atoms with Crippen LogP contribution in [0.5, 0.6) is 0 Å². The minimum atomic E-state index is -1.05. The van der Waals surface area contributed by atoms with Crippen molar-refractivity contribution in [3.8, 4) is 0 Å². The molecule has 1 N–H and O–H groups in total. The third-order valence-corrected chi connectivity index (χ3v) is 3.38. The van der Waals surface area contributed by atoms with Crippen LogP contribution >= 0.6 is 0 Å². The van der Waals surface area contributed by atoms with Gasteiger partial charge < -0.3 is 9.52 Å². The molecule has 1 aromatic heterocycles. The Bertz CT molecular complexity index is 477. The molecular weight excluding hydrogens is 234 g/mol. The Labute approximate surface area is 105 Å². The summed E-state index contributed by atoms with van der Waals surface area (Å²) in [7, 11) is 0. The Kier molecular flexibility index (Phi) is 3.52. The molecule has 0 aromatic carbocycles. The largest absolute Gasteiger partial charge is 0.475 e. The van der Waals surface area contributed by atoms with Crippen LogP contribution in [0.15, 0.2) is 10.5 Å². The molecule has 0 radical (unpaired) electrons. The zero-order chi connectivity index (χ0) is 13.3. The van der Waals surface area contributed by atoms with Crippen LogP contribution in [0.25, 0.3) is 0 Å². The molecule has 5 heteroatoms. The summed E-state index contributed by atoms with van der Waals surface area (Å²) in [5.74, 6) is -0.0709. The van der Waals surface area contributed by atoms with Gasteiger partial charge in [-0.25, -0.2) is 4.79 Å². The van der Waals surface area contributed by atoms with E-state index in [1.54, 1.807) is 13.0 Å². The van der Waals surface area contributed by atoms with Crippen molar-refractivity contribution in [1.29, 1.82) is 0 Å². The molecular formula is C13H17NO4. The van der Waals surface area contributed by atoms with E-state index in [1.165, 1.54) is 0 Å². The second-order valence-electron chi connectivity index (χ2n) is 4.85. The van der Waals surface area contributed by atoms with Gasteiger partial charge in [0, 0.05) is 37.5 Å². The topological polar surface area (TPSA) is 70.8 Å². The first-order chi connectivity index (χ1) is 8.47. The SMILES string of the molecule is Cc1oc(C(=O)O)cc1CN1CCC(=O)C(C)C1. The Morgan fingerprint density at radius 2 is 2.33 bits per heavy atom. The first kappa shape index (κ1) is 12.8. The smallest absolute Gasteiger partial charge is 0.371 e. The highest BCUT2D eigenvalue weighted by molar-refractivity contribution is 5.84. The van der Waals surface area contributed by atoms with Crippen molar-refractivity contribution in [3.05, 3.63) is 23.2 Å². The number of carboxylic acid groups (broad SMARTS) is 1. The van der Waals surface area contributed by atoms with Crippen molar-refractivity contribution in [2.75, 3.05) is 13.1 Å². The van der Waals surface area contributed by atoms with Crippen LogP contribution in [0.1, 0.15) is 35.2 Å². The monoisotopic (exact) mass is 251 g/mol. The zero-order valence-corrected chi connectivity index (χ0v) is 10.6. The normalized spacial score (nSPS) is 21.2. The van der Waals surface area contributed by atoms with Gasteiger partial charge in [-0.1, -0.05) is 6.92 Å². The quantitative estimate of drug-likeness (QED) is 0.885. The Morgan fingerprint density at radius 3 is 2.89 bits per heavy atom. The lowest BCUT2D eigenvalue weighted by Gasteiger charge is -2.29. The second kappa shape index (κ2) is 4.94. The van der Waals surface area contributed by atoms with E-state index in [9.17, 15) is 9.59 Å². The van der Waals surface area contributed by atoms with E-state index < -0.39 is 5.97 Å². The first-order valence-corrected chi connectivity index (χ1v) is 6.05. The number of piperidine rings is 1. The van der Waals surface area contributed by atoms with Gasteiger partial charge in [0.05, 0.1) is 0 Å². The number of rotatable bonds is 3. The van der Waals surface area contributed by atoms with Crippen LogP contribution in [-0.4, -0.2) is 34.8 Å². The van der Waals surface area contributed by atoms with Crippen LogP contribution in [0.2, 0.25) is 0 Å². The molecule has 98 valence electrons. The summed E-state index contributed by atoms with van der Waals surface area (Å²) in [6, 6.07) is 1.57. The zero-order valence-electron chi connectivity index (χ0n) is 10.6. The lowest BCUT2D eigenvalue weighted by Crippen LogP contribution is -2.39. The maximum Gasteiger partial charge on any atom is 0.371 e. The number of carbonyl (C=O) groups is 2. The van der Waals surface area contributed by atoms with E-state index in [4.69, 9.17) is 9.52 Å². The summed E-state index contributed by atoms with van der Waals surface area (Å²) in [4.78, 5) is 24.4. The molecule has 1 fully saturated rings. The van der Waals surface area contributed by atoms with E-state index in [-0.39, 0.29) is 11.7 Å². The summed E-state index contributed by atoms with van der Waals surface area (Å²) in [5, 5.41) is 8.85. The summed E-state index contributed by atoms with van der Waals surface area (Å²) in [6.45, 7) is 5.79. The highest BCUT2D eigenvalue weighted by Crippen LogP contribution is 2.20. The number of hydrogen-bond donors (Lipinski definition) is 1. The van der Waals surface area contributed by atoms with Crippen LogP contribution in [-0.2, 0) is 11.3 Å². The summed E-state index contributed by atoms with van der Waals surface area (Å²) in [6.07, 6.45) is 0.573. The van der Waals surface area contributed by atoms with E-state index in [0.29, 0.717) is 24.5 Å². The van der Waals surface area contributed by atoms with Gasteiger partial charge in [-0.3, -0.25) is 9.69 Å². The highest BCUT2D eigenvalue weighted by atomic mass is 16.4. The number of carbonyl (C=O) groups excluding carboxylic acids is 1. The van der Waals surface area contributed by atoms with Crippen LogP contribution < -0.4 is 0 Å². The fourth-order valence-corrected chi connectivity index (χ4v) is 2.26. The number of ketones is 1. The van der Waals surface area contributed by atoms with Crippen molar-refractivity contribution >= 4 is 11.8 Å². The van der Waals surface area contributed by atoms with Gasteiger partial charge >= 0.3 is 5.97 Å². The predicted molar refractivity (Wildman–Crippen MR) is 64.5 cm³/mol. The van der Waals surface area contributed by atoms with Crippen LogP contribution in [0.4, 0.5) is 0 Å². The van der Waals surface area contributed by atoms with E-state index in [2.05, 4.69) is 4.90 Å². The Balaban J connectivity index is 2.05. The molecule has 5 nitrogen and oxygen atoms in total. The highest BCUT2D eigenvalue weighted by Gasteiger charge is 2.24. The lowest BCUT2D eigenvalue weighted by atomic mass is 9.98. The first-order valence-electron chi connectivity index (χ1n) is 6.05. The third-order valence-electron chi connectivity index (χ3n) is 3.38. The molecule has 2 rings (SSSR count). The molecule has 2 heterocycles. The minimum absolute atomic E-state index is 0.0244. The molecule has 0 bridgehead atoms. The molecule has 0 amide bonds. The van der Waals surface area contributed by atoms with Crippen LogP contribution in [0, 0.1) is 12.8 Å². The van der Waals surface area contributed by atoms with Crippen LogP contribution in [0.3, 0.4) is 0 Å². The fourth-order valence-electron chi connectivity index (χ4n) is 2.26. The summed E-state index contributed by atoms with van der Waals surface area (Å²) < 4.78 is 5.17. The second-order valence-corrected chi connectivity index (χ2v) is 4.85. The minimum Gasteiger partial charge on any atom is -0.475 e. The summed E-state index contributed by atoms with van der Waals surface area (Å²) in [5.41, 5.74) is 0.883. The number of nitrogens with zero attached hydrogens (tertiary/aromatic N) is 1. The van der Waals surface area contributed by atoms with Gasteiger partial charge in [-0.05, 0) is 13.0 Å². The number of Topliss-reactive ketones (excluding diaryl/α,β-unsaturated/α-hetero) is 1. The third kappa shape index (κ3) is 2.61.